The molecule has 0 aromatic heterocycles. The molecule has 0 aromatic rings. The van der Waals surface area contributed by atoms with E-state index in [4.69, 9.17) is 9.47 Å². The number of ether oxygens (including phenoxy) is 2. The first-order valence-electron chi connectivity index (χ1n) is 11.3. The molecule has 3 rings (SSSR count). The molecular formula is C24H40O5. The molecule has 0 spiro atoms. The van der Waals surface area contributed by atoms with Crippen LogP contribution in [-0.4, -0.2) is 35.9 Å². The van der Waals surface area contributed by atoms with Crippen LogP contribution in [0.15, 0.2) is 0 Å². The predicted octanol–water partition coefficient (Wildman–Crippen LogP) is 4.50. The van der Waals surface area contributed by atoms with Crippen molar-refractivity contribution < 1.29 is 24.2 Å². The van der Waals surface area contributed by atoms with Gasteiger partial charge in [-0.15, -0.1) is 0 Å². The molecule has 0 aliphatic heterocycles. The molecule has 3 aliphatic rings. The van der Waals surface area contributed by atoms with Gasteiger partial charge in [0.05, 0.1) is 6.61 Å². The first-order chi connectivity index (χ1) is 13.4. The van der Waals surface area contributed by atoms with Crippen LogP contribution < -0.4 is 0 Å². The molecule has 0 radical (unpaired) electrons. The van der Waals surface area contributed by atoms with Crippen LogP contribution in [0.25, 0.3) is 0 Å². The molecule has 3 aliphatic carbocycles. The molecule has 1 N–H and O–H groups in total. The second kappa shape index (κ2) is 7.55. The van der Waals surface area contributed by atoms with E-state index in [9.17, 15) is 14.7 Å². The molecule has 3 saturated carbocycles. The molecule has 5 heteroatoms. The van der Waals surface area contributed by atoms with Crippen LogP contribution in [0.4, 0.5) is 0 Å². The maximum Gasteiger partial charge on any atom is 0.302 e. The average molecular weight is 409 g/mol. The summed E-state index contributed by atoms with van der Waals surface area (Å²) >= 11 is 0. The van der Waals surface area contributed by atoms with Gasteiger partial charge in [-0.25, -0.2) is 0 Å². The van der Waals surface area contributed by atoms with E-state index >= 15 is 0 Å². The summed E-state index contributed by atoms with van der Waals surface area (Å²) in [7, 11) is 0. The van der Waals surface area contributed by atoms with Crippen molar-refractivity contribution in [2.24, 2.45) is 34.0 Å². The molecule has 6 atom stereocenters. The second-order valence-electron chi connectivity index (χ2n) is 11.3. The van der Waals surface area contributed by atoms with Crippen molar-refractivity contribution in [2.45, 2.75) is 92.1 Å². The highest BCUT2D eigenvalue weighted by Crippen LogP contribution is 2.69. The fourth-order valence-corrected chi connectivity index (χ4v) is 7.89. The standard InChI is InChI=1S/C24H40O5/c1-16(25)28-14-20-23(6)12-8-18-21(3,4)10-7-11-22(18,5)19(23)9-13-24(20,27)15-29-17(2)26/h18-20,27H,7-15H2,1-6H3/t18-,19+,20-,22-,23+,24+/m0/s1. The number of rotatable bonds is 4. The Morgan fingerprint density at radius 1 is 0.862 bits per heavy atom. The lowest BCUT2D eigenvalue weighted by Gasteiger charge is -2.67. The molecule has 0 amide bonds. The van der Waals surface area contributed by atoms with E-state index in [0.717, 1.165) is 19.3 Å². The van der Waals surface area contributed by atoms with Crippen LogP contribution in [0.2, 0.25) is 0 Å². The summed E-state index contributed by atoms with van der Waals surface area (Å²) in [6.45, 7) is 12.5. The fourth-order valence-electron chi connectivity index (χ4n) is 7.89. The Labute approximate surface area is 175 Å². The van der Waals surface area contributed by atoms with Gasteiger partial charge in [-0.2, -0.15) is 0 Å². The lowest BCUT2D eigenvalue weighted by molar-refractivity contribution is -0.235. The SMILES string of the molecule is CC(=O)OC[C@@H]1[C@](O)(COC(C)=O)CC[C@H]2[C@@]1(C)CC[C@H]1C(C)(C)CCC[C@]21C. The molecule has 0 saturated heterocycles. The summed E-state index contributed by atoms with van der Waals surface area (Å²) in [6.07, 6.45) is 7.41. The van der Waals surface area contributed by atoms with Crippen molar-refractivity contribution in [1.82, 2.24) is 0 Å². The Bertz CT molecular complexity index is 658. The third-order valence-corrected chi connectivity index (χ3v) is 9.13. The maximum atomic E-state index is 11.6. The lowest BCUT2D eigenvalue weighted by atomic mass is 9.38. The van der Waals surface area contributed by atoms with Crippen LogP contribution in [0.5, 0.6) is 0 Å². The third kappa shape index (κ3) is 3.84. The molecule has 29 heavy (non-hydrogen) atoms. The quantitative estimate of drug-likeness (QED) is 0.693. The number of hydrogen-bond donors (Lipinski definition) is 1. The summed E-state index contributed by atoms with van der Waals surface area (Å²) < 4.78 is 10.7. The highest BCUT2D eigenvalue weighted by atomic mass is 16.5. The zero-order valence-corrected chi connectivity index (χ0v) is 19.2. The summed E-state index contributed by atoms with van der Waals surface area (Å²) in [5.41, 5.74) is -0.738. The molecule has 0 heterocycles. The van der Waals surface area contributed by atoms with Gasteiger partial charge in [0.15, 0.2) is 0 Å². The summed E-state index contributed by atoms with van der Waals surface area (Å²) in [5.74, 6) is 0.188. The monoisotopic (exact) mass is 408 g/mol. The Morgan fingerprint density at radius 2 is 1.48 bits per heavy atom. The third-order valence-electron chi connectivity index (χ3n) is 9.13. The van der Waals surface area contributed by atoms with E-state index in [1.807, 2.05) is 0 Å². The number of aliphatic hydroxyl groups is 1. The smallest absolute Gasteiger partial charge is 0.302 e. The fraction of sp³-hybridized carbons (Fsp3) is 0.917. The minimum absolute atomic E-state index is 0.0256. The van der Waals surface area contributed by atoms with Crippen LogP contribution >= 0.6 is 0 Å². The van der Waals surface area contributed by atoms with Gasteiger partial charge in [0.25, 0.3) is 0 Å². The Morgan fingerprint density at radius 3 is 2.10 bits per heavy atom. The summed E-state index contributed by atoms with van der Waals surface area (Å²) in [5, 5.41) is 11.6. The van der Waals surface area contributed by atoms with Crippen molar-refractivity contribution in [3.05, 3.63) is 0 Å². The van der Waals surface area contributed by atoms with E-state index in [0.29, 0.717) is 23.7 Å². The Balaban J connectivity index is 1.96. The van der Waals surface area contributed by atoms with Crippen molar-refractivity contribution in [2.75, 3.05) is 13.2 Å². The van der Waals surface area contributed by atoms with E-state index in [2.05, 4.69) is 27.7 Å². The summed E-state index contributed by atoms with van der Waals surface area (Å²) in [4.78, 5) is 23.1. The predicted molar refractivity (Wildman–Crippen MR) is 111 cm³/mol. The van der Waals surface area contributed by atoms with Gasteiger partial charge in [-0.3, -0.25) is 9.59 Å². The highest BCUT2D eigenvalue weighted by Gasteiger charge is 2.65. The van der Waals surface area contributed by atoms with E-state index in [1.54, 1.807) is 0 Å². The van der Waals surface area contributed by atoms with E-state index in [1.165, 1.54) is 33.1 Å². The van der Waals surface area contributed by atoms with E-state index in [-0.39, 0.29) is 41.9 Å². The number of hydrogen-bond acceptors (Lipinski definition) is 5. The first kappa shape index (κ1) is 22.6. The second-order valence-corrected chi connectivity index (χ2v) is 11.3. The van der Waals surface area contributed by atoms with Gasteiger partial charge >= 0.3 is 11.9 Å². The van der Waals surface area contributed by atoms with Gasteiger partial charge < -0.3 is 14.6 Å². The highest BCUT2D eigenvalue weighted by molar-refractivity contribution is 5.66. The molecule has 0 aromatic carbocycles. The van der Waals surface area contributed by atoms with Gasteiger partial charge in [0, 0.05) is 19.8 Å². The van der Waals surface area contributed by atoms with Gasteiger partial charge in [0.2, 0.25) is 0 Å². The first-order valence-corrected chi connectivity index (χ1v) is 11.3. The maximum absolute atomic E-state index is 11.6. The molecule has 0 bridgehead atoms. The van der Waals surface area contributed by atoms with Crippen molar-refractivity contribution in [1.29, 1.82) is 0 Å². The molecule has 0 unspecified atom stereocenters. The van der Waals surface area contributed by atoms with E-state index < -0.39 is 5.60 Å². The van der Waals surface area contributed by atoms with Crippen molar-refractivity contribution in [3.8, 4) is 0 Å². The zero-order chi connectivity index (χ0) is 21.7. The number of esters is 2. The number of carbonyl (C=O) groups excluding carboxylic acids is 2. The average Bonchev–Trinajstić information content (AvgIpc) is 2.58. The minimum atomic E-state index is -1.15. The van der Waals surface area contributed by atoms with Crippen LogP contribution in [-0.2, 0) is 19.1 Å². The Kier molecular flexibility index (Phi) is 5.88. The number of fused-ring (bicyclic) bond motifs is 3. The minimum Gasteiger partial charge on any atom is -0.465 e. The summed E-state index contributed by atoms with van der Waals surface area (Å²) in [6, 6.07) is 0. The largest absolute Gasteiger partial charge is 0.465 e. The normalized spacial score (nSPS) is 43.6. The van der Waals surface area contributed by atoms with Gasteiger partial charge in [-0.05, 0) is 66.6 Å². The van der Waals surface area contributed by atoms with Crippen LogP contribution in [0.1, 0.15) is 86.5 Å². The molecule has 5 nitrogen and oxygen atoms in total. The molecule has 166 valence electrons. The number of carbonyl (C=O) groups is 2. The van der Waals surface area contributed by atoms with Crippen molar-refractivity contribution >= 4 is 11.9 Å². The Hall–Kier alpha value is -1.10. The van der Waals surface area contributed by atoms with Crippen molar-refractivity contribution in [3.63, 3.8) is 0 Å². The zero-order valence-electron chi connectivity index (χ0n) is 19.2. The molecular weight excluding hydrogens is 368 g/mol. The lowest BCUT2D eigenvalue weighted by Crippen LogP contribution is -2.65. The topological polar surface area (TPSA) is 72.8 Å². The van der Waals surface area contributed by atoms with Gasteiger partial charge in [0.1, 0.15) is 12.2 Å². The van der Waals surface area contributed by atoms with Crippen LogP contribution in [0.3, 0.4) is 0 Å². The molecule has 3 fully saturated rings. The van der Waals surface area contributed by atoms with Gasteiger partial charge in [-0.1, -0.05) is 34.1 Å². The van der Waals surface area contributed by atoms with Crippen LogP contribution in [0, 0.1) is 34.0 Å².